The highest BCUT2D eigenvalue weighted by molar-refractivity contribution is 5.82. The molecule has 0 fully saturated rings. The fourth-order valence-corrected chi connectivity index (χ4v) is 3.51. The Morgan fingerprint density at radius 3 is 2.79 bits per heavy atom. The van der Waals surface area contributed by atoms with Crippen molar-refractivity contribution in [2.75, 3.05) is 25.0 Å². The van der Waals surface area contributed by atoms with Crippen LogP contribution in [0, 0.1) is 21.7 Å². The maximum atomic E-state index is 14.3. The third-order valence-corrected chi connectivity index (χ3v) is 5.16. The lowest BCUT2D eigenvalue weighted by atomic mass is 10.0. The first-order valence-corrected chi connectivity index (χ1v) is 9.01. The number of likely N-dealkylation sites (N-methyl/N-ethyl adjacent to an activating group) is 1. The molecule has 1 aliphatic rings. The molecule has 0 radical (unpaired) electrons. The van der Waals surface area contributed by atoms with E-state index in [1.54, 1.807) is 31.0 Å². The lowest BCUT2D eigenvalue weighted by molar-refractivity contribution is -0.384. The molecule has 8 heteroatoms. The van der Waals surface area contributed by atoms with Crippen LogP contribution in [-0.4, -0.2) is 35.9 Å². The van der Waals surface area contributed by atoms with Crippen LogP contribution in [0.5, 0.6) is 0 Å². The SMILES string of the molecule is C[C@H](c1cccc([N+](=O)[O-])c1)N(C)C(=O)CN1CCCc2cc(F)cc(F)c21. The summed E-state index contributed by atoms with van der Waals surface area (Å²) in [5, 5.41) is 11.0. The van der Waals surface area contributed by atoms with Gasteiger partial charge in [-0.1, -0.05) is 12.1 Å². The summed E-state index contributed by atoms with van der Waals surface area (Å²) in [7, 11) is 1.61. The Morgan fingerprint density at radius 2 is 2.07 bits per heavy atom. The summed E-state index contributed by atoms with van der Waals surface area (Å²) in [6.07, 6.45) is 1.27. The molecule has 3 rings (SSSR count). The van der Waals surface area contributed by atoms with Gasteiger partial charge >= 0.3 is 0 Å². The Balaban J connectivity index is 1.77. The standard InChI is InChI=1S/C20H21F2N3O3/c1-13(14-5-3-7-17(10-14)25(27)28)23(2)19(26)12-24-8-4-6-15-9-16(21)11-18(22)20(15)24/h3,5,7,9-11,13H,4,6,8,12H2,1-2H3/t13-/m1/s1. The molecule has 0 bridgehead atoms. The molecule has 0 saturated heterocycles. The van der Waals surface area contributed by atoms with Crippen LogP contribution in [0.15, 0.2) is 36.4 Å². The van der Waals surface area contributed by atoms with Crippen LogP contribution in [0.4, 0.5) is 20.2 Å². The molecular formula is C20H21F2N3O3. The van der Waals surface area contributed by atoms with Gasteiger partial charge in [0.15, 0.2) is 0 Å². The van der Waals surface area contributed by atoms with E-state index >= 15 is 0 Å². The third kappa shape index (κ3) is 3.95. The van der Waals surface area contributed by atoms with E-state index in [1.807, 2.05) is 0 Å². The van der Waals surface area contributed by atoms with Gasteiger partial charge in [-0.25, -0.2) is 8.78 Å². The lowest BCUT2D eigenvalue weighted by Crippen LogP contribution is -2.42. The van der Waals surface area contributed by atoms with Gasteiger partial charge in [-0.3, -0.25) is 14.9 Å². The van der Waals surface area contributed by atoms with Gasteiger partial charge < -0.3 is 9.80 Å². The maximum absolute atomic E-state index is 14.3. The van der Waals surface area contributed by atoms with Crippen molar-refractivity contribution in [3.05, 3.63) is 69.3 Å². The van der Waals surface area contributed by atoms with E-state index in [2.05, 4.69) is 0 Å². The van der Waals surface area contributed by atoms with Gasteiger partial charge in [-0.15, -0.1) is 0 Å². The third-order valence-electron chi connectivity index (χ3n) is 5.16. The number of nitro groups is 1. The first-order valence-electron chi connectivity index (χ1n) is 9.01. The van der Waals surface area contributed by atoms with Gasteiger partial charge in [0, 0.05) is 31.8 Å². The minimum absolute atomic E-state index is 0.0424. The van der Waals surface area contributed by atoms with Gasteiger partial charge in [-0.2, -0.15) is 0 Å². The first-order chi connectivity index (χ1) is 13.3. The largest absolute Gasteiger partial charge is 0.360 e. The molecule has 2 aromatic rings. The van der Waals surface area contributed by atoms with Crippen LogP contribution in [-0.2, 0) is 11.2 Å². The number of non-ortho nitro benzene ring substituents is 1. The molecule has 28 heavy (non-hydrogen) atoms. The number of fused-ring (bicyclic) bond motifs is 1. The highest BCUT2D eigenvalue weighted by Gasteiger charge is 2.26. The van der Waals surface area contributed by atoms with Crippen molar-refractivity contribution in [1.29, 1.82) is 0 Å². The maximum Gasteiger partial charge on any atom is 0.269 e. The fraction of sp³-hybridized carbons (Fsp3) is 0.350. The van der Waals surface area contributed by atoms with Gasteiger partial charge in [0.1, 0.15) is 11.6 Å². The minimum atomic E-state index is -0.670. The van der Waals surface area contributed by atoms with Crippen molar-refractivity contribution in [2.45, 2.75) is 25.8 Å². The normalized spacial score (nSPS) is 14.4. The molecule has 1 atom stereocenters. The van der Waals surface area contributed by atoms with Crippen LogP contribution in [0.2, 0.25) is 0 Å². The minimum Gasteiger partial charge on any atom is -0.360 e. The monoisotopic (exact) mass is 389 g/mol. The summed E-state index contributed by atoms with van der Waals surface area (Å²) in [6, 6.07) is 7.88. The molecule has 2 aromatic carbocycles. The van der Waals surface area contributed by atoms with E-state index < -0.39 is 22.6 Å². The quantitative estimate of drug-likeness (QED) is 0.576. The molecule has 6 nitrogen and oxygen atoms in total. The van der Waals surface area contributed by atoms with Gasteiger partial charge in [0.2, 0.25) is 5.91 Å². The molecule has 0 spiro atoms. The first kappa shape index (κ1) is 19.7. The Kier molecular flexibility index (Phi) is 5.58. The van der Waals surface area contributed by atoms with Crippen LogP contribution in [0.25, 0.3) is 0 Å². The number of rotatable bonds is 5. The van der Waals surface area contributed by atoms with E-state index in [-0.39, 0.29) is 23.8 Å². The van der Waals surface area contributed by atoms with Crippen molar-refractivity contribution < 1.29 is 18.5 Å². The number of halogens is 2. The number of amides is 1. The molecule has 1 heterocycles. The Labute approximate surface area is 161 Å². The summed E-state index contributed by atoms with van der Waals surface area (Å²) in [6.45, 7) is 2.22. The van der Waals surface area contributed by atoms with E-state index in [0.717, 1.165) is 6.07 Å². The Morgan fingerprint density at radius 1 is 1.32 bits per heavy atom. The summed E-state index contributed by atoms with van der Waals surface area (Å²) in [4.78, 5) is 26.4. The van der Waals surface area contributed by atoms with E-state index in [4.69, 9.17) is 0 Å². The van der Waals surface area contributed by atoms with Crippen LogP contribution >= 0.6 is 0 Å². The summed E-state index contributed by atoms with van der Waals surface area (Å²) in [5.74, 6) is -1.55. The molecule has 1 amide bonds. The van der Waals surface area contributed by atoms with Gasteiger partial charge in [0.05, 0.1) is 23.2 Å². The zero-order valence-electron chi connectivity index (χ0n) is 15.7. The number of nitrogens with zero attached hydrogens (tertiary/aromatic N) is 3. The van der Waals surface area contributed by atoms with E-state index in [9.17, 15) is 23.7 Å². The van der Waals surface area contributed by atoms with Crippen molar-refractivity contribution in [3.63, 3.8) is 0 Å². The summed E-state index contributed by atoms with van der Waals surface area (Å²) >= 11 is 0. The summed E-state index contributed by atoms with van der Waals surface area (Å²) < 4.78 is 27.8. The molecule has 0 saturated carbocycles. The smallest absolute Gasteiger partial charge is 0.269 e. The van der Waals surface area contributed by atoms with Crippen molar-refractivity contribution >= 4 is 17.3 Å². The Bertz CT molecular complexity index is 920. The van der Waals surface area contributed by atoms with Crippen LogP contribution < -0.4 is 4.90 Å². The topological polar surface area (TPSA) is 66.7 Å². The van der Waals surface area contributed by atoms with E-state index in [0.29, 0.717) is 30.5 Å². The molecule has 0 unspecified atom stereocenters. The average molecular weight is 389 g/mol. The van der Waals surface area contributed by atoms with E-state index in [1.165, 1.54) is 23.1 Å². The van der Waals surface area contributed by atoms with Crippen molar-refractivity contribution in [1.82, 2.24) is 4.90 Å². The number of nitro benzene ring substituents is 1. The number of carbonyl (C=O) groups is 1. The van der Waals surface area contributed by atoms with Crippen LogP contribution in [0.3, 0.4) is 0 Å². The average Bonchev–Trinajstić information content (AvgIpc) is 2.66. The van der Waals surface area contributed by atoms with Crippen LogP contribution in [0.1, 0.15) is 30.5 Å². The highest BCUT2D eigenvalue weighted by Crippen LogP contribution is 2.31. The number of benzene rings is 2. The number of hydrogen-bond donors (Lipinski definition) is 0. The predicted octanol–water partition coefficient (Wildman–Crippen LogP) is 3.85. The number of anilines is 1. The fourth-order valence-electron chi connectivity index (χ4n) is 3.51. The zero-order chi connectivity index (χ0) is 20.4. The second-order valence-corrected chi connectivity index (χ2v) is 6.95. The number of hydrogen-bond acceptors (Lipinski definition) is 4. The lowest BCUT2D eigenvalue weighted by Gasteiger charge is -2.33. The van der Waals surface area contributed by atoms with Gasteiger partial charge in [-0.05, 0) is 37.0 Å². The molecule has 0 N–H and O–H groups in total. The van der Waals surface area contributed by atoms with Crippen molar-refractivity contribution in [2.24, 2.45) is 0 Å². The molecular weight excluding hydrogens is 368 g/mol. The molecule has 0 aliphatic carbocycles. The van der Waals surface area contributed by atoms with Gasteiger partial charge in [0.25, 0.3) is 5.69 Å². The zero-order valence-corrected chi connectivity index (χ0v) is 15.7. The molecule has 148 valence electrons. The second-order valence-electron chi connectivity index (χ2n) is 6.95. The highest BCUT2D eigenvalue weighted by atomic mass is 19.1. The Hall–Kier alpha value is -3.03. The molecule has 1 aliphatic heterocycles. The summed E-state index contributed by atoms with van der Waals surface area (Å²) in [5.41, 5.74) is 1.43. The second kappa shape index (κ2) is 7.92. The predicted molar refractivity (Wildman–Crippen MR) is 101 cm³/mol. The molecule has 0 aromatic heterocycles. The van der Waals surface area contributed by atoms with Crippen molar-refractivity contribution in [3.8, 4) is 0 Å². The number of aryl methyl sites for hydroxylation is 1. The number of carbonyl (C=O) groups excluding carboxylic acids is 1.